The Morgan fingerprint density at radius 1 is 1.50 bits per heavy atom. The van der Waals surface area contributed by atoms with Crippen molar-refractivity contribution in [3.05, 3.63) is 29.8 Å². The van der Waals surface area contributed by atoms with Crippen molar-refractivity contribution in [1.82, 2.24) is 0 Å². The lowest BCUT2D eigenvalue weighted by Crippen LogP contribution is -2.29. The van der Waals surface area contributed by atoms with E-state index in [0.29, 0.717) is 0 Å². The van der Waals surface area contributed by atoms with Crippen LogP contribution in [0.2, 0.25) is 0 Å². The largest absolute Gasteiger partial charge is 0.487 e. The van der Waals surface area contributed by atoms with Crippen LogP contribution in [0.25, 0.3) is 0 Å². The maximum Gasteiger partial charge on any atom is 0.129 e. The first-order valence-corrected chi connectivity index (χ1v) is 5.24. The number of fused-ring (bicyclic) bond motifs is 1. The zero-order valence-electron chi connectivity index (χ0n) is 8.44. The highest BCUT2D eigenvalue weighted by Crippen LogP contribution is 2.30. The molecule has 0 spiro atoms. The van der Waals surface area contributed by atoms with Crippen LogP contribution >= 0.6 is 0 Å². The lowest BCUT2D eigenvalue weighted by molar-refractivity contribution is 0.0436. The van der Waals surface area contributed by atoms with Crippen LogP contribution < -0.4 is 4.74 Å². The van der Waals surface area contributed by atoms with Crippen LogP contribution in [-0.2, 0) is 6.42 Å². The van der Waals surface area contributed by atoms with Crippen molar-refractivity contribution in [1.29, 1.82) is 0 Å². The first-order valence-electron chi connectivity index (χ1n) is 5.24. The first-order chi connectivity index (χ1) is 6.81. The van der Waals surface area contributed by atoms with E-state index in [9.17, 15) is 5.11 Å². The molecule has 0 radical (unpaired) electrons. The summed E-state index contributed by atoms with van der Waals surface area (Å²) in [6.45, 7) is 2.07. The summed E-state index contributed by atoms with van der Waals surface area (Å²) in [7, 11) is 0. The molecule has 2 rings (SSSR count). The molecule has 1 aromatic carbocycles. The van der Waals surface area contributed by atoms with Gasteiger partial charge < -0.3 is 9.84 Å². The van der Waals surface area contributed by atoms with Gasteiger partial charge in [0.2, 0.25) is 0 Å². The molecule has 0 fully saturated rings. The Labute approximate surface area is 84.5 Å². The molecular formula is C12H16O2. The second kappa shape index (κ2) is 4.01. The Morgan fingerprint density at radius 3 is 3.00 bits per heavy atom. The average Bonchev–Trinajstić information content (AvgIpc) is 2.61. The predicted molar refractivity (Wildman–Crippen MR) is 55.5 cm³/mol. The molecule has 0 amide bonds. The molecule has 76 valence electrons. The summed E-state index contributed by atoms with van der Waals surface area (Å²) in [5.74, 6) is 0.938. The van der Waals surface area contributed by atoms with Crippen molar-refractivity contribution in [2.45, 2.75) is 38.4 Å². The van der Waals surface area contributed by atoms with Crippen molar-refractivity contribution < 1.29 is 9.84 Å². The van der Waals surface area contributed by atoms with Crippen LogP contribution in [0.4, 0.5) is 0 Å². The van der Waals surface area contributed by atoms with Crippen LogP contribution in [0.3, 0.4) is 0 Å². The Balaban J connectivity index is 2.04. The molecule has 0 saturated heterocycles. The number of hydrogen-bond donors (Lipinski definition) is 1. The average molecular weight is 192 g/mol. The van der Waals surface area contributed by atoms with E-state index >= 15 is 0 Å². The third-order valence-corrected chi connectivity index (χ3v) is 2.69. The topological polar surface area (TPSA) is 29.5 Å². The lowest BCUT2D eigenvalue weighted by Gasteiger charge is -2.16. The smallest absolute Gasteiger partial charge is 0.129 e. The van der Waals surface area contributed by atoms with Gasteiger partial charge in [-0.3, -0.25) is 0 Å². The van der Waals surface area contributed by atoms with Gasteiger partial charge in [0.1, 0.15) is 11.9 Å². The monoisotopic (exact) mass is 192 g/mol. The highest BCUT2D eigenvalue weighted by atomic mass is 16.5. The van der Waals surface area contributed by atoms with Gasteiger partial charge in [-0.2, -0.15) is 0 Å². The van der Waals surface area contributed by atoms with Crippen molar-refractivity contribution in [2.75, 3.05) is 0 Å². The van der Waals surface area contributed by atoms with E-state index in [1.54, 1.807) is 0 Å². The van der Waals surface area contributed by atoms with Crippen molar-refractivity contribution in [3.63, 3.8) is 0 Å². The fraction of sp³-hybridized carbons (Fsp3) is 0.500. The zero-order valence-corrected chi connectivity index (χ0v) is 8.44. The van der Waals surface area contributed by atoms with E-state index in [4.69, 9.17) is 4.74 Å². The van der Waals surface area contributed by atoms with E-state index < -0.39 is 0 Å². The second-order valence-electron chi connectivity index (χ2n) is 3.82. The summed E-state index contributed by atoms with van der Waals surface area (Å²) in [5.41, 5.74) is 1.22. The minimum atomic E-state index is -0.326. The molecule has 1 unspecified atom stereocenters. The fourth-order valence-corrected chi connectivity index (χ4v) is 1.91. The quantitative estimate of drug-likeness (QED) is 0.795. The summed E-state index contributed by atoms with van der Waals surface area (Å²) in [5, 5.41) is 9.80. The third kappa shape index (κ3) is 1.75. The maximum atomic E-state index is 9.80. The van der Waals surface area contributed by atoms with Crippen LogP contribution in [0.5, 0.6) is 5.75 Å². The molecule has 2 nitrogen and oxygen atoms in total. The van der Waals surface area contributed by atoms with Crippen LogP contribution in [-0.4, -0.2) is 17.3 Å². The van der Waals surface area contributed by atoms with Crippen LogP contribution in [0.1, 0.15) is 25.3 Å². The van der Waals surface area contributed by atoms with E-state index in [1.165, 1.54) is 5.56 Å². The molecule has 2 atom stereocenters. The van der Waals surface area contributed by atoms with Gasteiger partial charge in [0, 0.05) is 6.42 Å². The minimum absolute atomic E-state index is 0.0349. The normalized spacial score (nSPS) is 21.4. The minimum Gasteiger partial charge on any atom is -0.487 e. The number of benzene rings is 1. The molecule has 0 bridgehead atoms. The van der Waals surface area contributed by atoms with E-state index in [1.807, 2.05) is 18.2 Å². The zero-order chi connectivity index (χ0) is 9.97. The molecule has 0 aliphatic carbocycles. The van der Waals surface area contributed by atoms with E-state index in [2.05, 4.69) is 13.0 Å². The molecule has 1 aliphatic heterocycles. The fourth-order valence-electron chi connectivity index (χ4n) is 1.91. The Bertz CT molecular complexity index is 284. The summed E-state index contributed by atoms with van der Waals surface area (Å²) in [6, 6.07) is 8.01. The lowest BCUT2D eigenvalue weighted by atomic mass is 10.0. The van der Waals surface area contributed by atoms with E-state index in [0.717, 1.165) is 25.0 Å². The summed E-state index contributed by atoms with van der Waals surface area (Å²) in [6.07, 6.45) is 2.30. The number of para-hydroxylation sites is 1. The van der Waals surface area contributed by atoms with Gasteiger partial charge in [-0.05, 0) is 18.1 Å². The molecule has 1 N–H and O–H groups in total. The molecule has 0 aromatic heterocycles. The van der Waals surface area contributed by atoms with Crippen molar-refractivity contribution in [3.8, 4) is 5.75 Å². The molecule has 1 aliphatic rings. The van der Waals surface area contributed by atoms with Gasteiger partial charge in [-0.1, -0.05) is 31.5 Å². The number of ether oxygens (including phenoxy) is 1. The molecule has 1 aromatic rings. The number of rotatable bonds is 3. The summed E-state index contributed by atoms with van der Waals surface area (Å²) in [4.78, 5) is 0. The van der Waals surface area contributed by atoms with E-state index in [-0.39, 0.29) is 12.2 Å². The van der Waals surface area contributed by atoms with Crippen LogP contribution in [0.15, 0.2) is 24.3 Å². The highest BCUT2D eigenvalue weighted by Gasteiger charge is 2.27. The Morgan fingerprint density at radius 2 is 2.29 bits per heavy atom. The van der Waals surface area contributed by atoms with Crippen molar-refractivity contribution >= 4 is 0 Å². The SMILES string of the molecule is CCC[C@@H](O)C1Cc2ccccc2O1. The Kier molecular flexibility index (Phi) is 2.73. The van der Waals surface area contributed by atoms with Gasteiger partial charge in [0.05, 0.1) is 6.10 Å². The third-order valence-electron chi connectivity index (χ3n) is 2.69. The van der Waals surface area contributed by atoms with Crippen LogP contribution in [0, 0.1) is 0 Å². The second-order valence-corrected chi connectivity index (χ2v) is 3.82. The van der Waals surface area contributed by atoms with Gasteiger partial charge >= 0.3 is 0 Å². The Hall–Kier alpha value is -1.02. The standard InChI is InChI=1S/C12H16O2/c1-2-5-10(13)12-8-9-6-3-4-7-11(9)14-12/h3-4,6-7,10,12-13H,2,5,8H2,1H3/t10-,12?/m1/s1. The number of aliphatic hydroxyl groups excluding tert-OH is 1. The van der Waals surface area contributed by atoms with Gasteiger partial charge in [-0.25, -0.2) is 0 Å². The highest BCUT2D eigenvalue weighted by molar-refractivity contribution is 5.37. The summed E-state index contributed by atoms with van der Waals surface area (Å²) < 4.78 is 5.67. The first kappa shape index (κ1) is 9.53. The molecule has 0 saturated carbocycles. The molecule has 2 heteroatoms. The predicted octanol–water partition coefficient (Wildman–Crippen LogP) is 2.15. The van der Waals surface area contributed by atoms with Gasteiger partial charge in [0.25, 0.3) is 0 Å². The molecule has 1 heterocycles. The maximum absolute atomic E-state index is 9.80. The number of aliphatic hydroxyl groups is 1. The van der Waals surface area contributed by atoms with Crippen molar-refractivity contribution in [2.24, 2.45) is 0 Å². The van der Waals surface area contributed by atoms with Gasteiger partial charge in [0.15, 0.2) is 0 Å². The summed E-state index contributed by atoms with van der Waals surface area (Å²) >= 11 is 0. The number of hydrogen-bond acceptors (Lipinski definition) is 2. The van der Waals surface area contributed by atoms with Gasteiger partial charge in [-0.15, -0.1) is 0 Å². The molecule has 14 heavy (non-hydrogen) atoms. The molecular weight excluding hydrogens is 176 g/mol.